The van der Waals surface area contributed by atoms with E-state index in [1.165, 1.54) is 24.8 Å². The Balaban J connectivity index is 2.07. The molecule has 2 rings (SSSR count). The van der Waals surface area contributed by atoms with Gasteiger partial charge in [0.05, 0.1) is 5.71 Å². The van der Waals surface area contributed by atoms with E-state index in [0.717, 1.165) is 30.2 Å². The number of nitrogens with one attached hydrogen (secondary N) is 2. The molecule has 18 heavy (non-hydrogen) atoms. The van der Waals surface area contributed by atoms with Gasteiger partial charge in [-0.15, -0.1) is 0 Å². The average Bonchev–Trinajstić information content (AvgIpc) is 3.17. The van der Waals surface area contributed by atoms with Gasteiger partial charge in [-0.1, -0.05) is 36.8 Å². The molecule has 1 saturated carbocycles. The van der Waals surface area contributed by atoms with Crippen LogP contribution in [-0.4, -0.2) is 18.3 Å². The molecule has 1 saturated heterocycles. The Morgan fingerprint density at radius 2 is 2.17 bits per heavy atom. The molecule has 0 bridgehead atoms. The highest BCUT2D eigenvalue weighted by atomic mass is 14.9. The Kier molecular flexibility index (Phi) is 4.54. The summed E-state index contributed by atoms with van der Waals surface area (Å²) in [6.07, 6.45) is 13.2. The number of hydrogen-bond donors (Lipinski definition) is 2. The predicted molar refractivity (Wildman–Crippen MR) is 78.1 cm³/mol. The zero-order valence-electron chi connectivity index (χ0n) is 11.5. The summed E-state index contributed by atoms with van der Waals surface area (Å²) in [6, 6.07) is 0.230. The van der Waals surface area contributed by atoms with E-state index in [4.69, 9.17) is 5.41 Å². The Hall–Kier alpha value is -1.15. The van der Waals surface area contributed by atoms with E-state index >= 15 is 0 Å². The van der Waals surface area contributed by atoms with E-state index in [-0.39, 0.29) is 6.04 Å². The maximum atomic E-state index is 8.39. The highest BCUT2D eigenvalue weighted by Gasteiger charge is 2.23. The summed E-state index contributed by atoms with van der Waals surface area (Å²) in [5, 5.41) is 11.9. The number of allylic oxidation sites excluding steroid dienone is 5. The fourth-order valence-corrected chi connectivity index (χ4v) is 2.39. The first-order valence-electron chi connectivity index (χ1n) is 7.05. The lowest BCUT2D eigenvalue weighted by Gasteiger charge is -2.29. The molecule has 0 spiro atoms. The second kappa shape index (κ2) is 6.14. The molecular weight excluding hydrogens is 220 g/mol. The smallest absolute Gasteiger partial charge is 0.0555 e. The van der Waals surface area contributed by atoms with E-state index in [9.17, 15) is 0 Å². The SMILES string of the molecule is C/C=C/C(=C/C=C1CC1)C(=N)C1CC(C)CCN1. The van der Waals surface area contributed by atoms with Crippen LogP contribution >= 0.6 is 0 Å². The van der Waals surface area contributed by atoms with Crippen LogP contribution in [0.4, 0.5) is 0 Å². The van der Waals surface area contributed by atoms with Crippen LogP contribution in [0.25, 0.3) is 0 Å². The molecule has 2 heteroatoms. The first-order chi connectivity index (χ1) is 8.70. The zero-order chi connectivity index (χ0) is 13.0. The summed E-state index contributed by atoms with van der Waals surface area (Å²) in [6.45, 7) is 5.34. The van der Waals surface area contributed by atoms with Crippen LogP contribution < -0.4 is 5.32 Å². The van der Waals surface area contributed by atoms with Crippen molar-refractivity contribution in [2.75, 3.05) is 6.54 Å². The molecule has 1 heterocycles. The normalized spacial score (nSPS) is 28.6. The van der Waals surface area contributed by atoms with Gasteiger partial charge < -0.3 is 10.7 Å². The second-order valence-electron chi connectivity index (χ2n) is 5.50. The second-order valence-corrected chi connectivity index (χ2v) is 5.50. The molecule has 0 amide bonds. The van der Waals surface area contributed by atoms with Crippen molar-refractivity contribution in [2.24, 2.45) is 5.92 Å². The van der Waals surface area contributed by atoms with Crippen molar-refractivity contribution in [1.82, 2.24) is 5.32 Å². The van der Waals surface area contributed by atoms with E-state index in [1.807, 2.05) is 13.0 Å². The van der Waals surface area contributed by atoms with Crippen molar-refractivity contribution >= 4 is 5.71 Å². The number of hydrogen-bond acceptors (Lipinski definition) is 2. The molecule has 2 N–H and O–H groups in total. The molecule has 2 atom stereocenters. The van der Waals surface area contributed by atoms with Crippen LogP contribution in [0.3, 0.4) is 0 Å². The lowest BCUT2D eigenvalue weighted by atomic mass is 9.89. The predicted octanol–water partition coefficient (Wildman–Crippen LogP) is 3.62. The Bertz CT molecular complexity index is 395. The monoisotopic (exact) mass is 244 g/mol. The summed E-state index contributed by atoms with van der Waals surface area (Å²) in [4.78, 5) is 0. The largest absolute Gasteiger partial charge is 0.309 e. The van der Waals surface area contributed by atoms with E-state index in [2.05, 4.69) is 30.5 Å². The molecule has 0 radical (unpaired) electrons. The summed E-state index contributed by atoms with van der Waals surface area (Å²) < 4.78 is 0. The van der Waals surface area contributed by atoms with Gasteiger partial charge in [0.1, 0.15) is 0 Å². The van der Waals surface area contributed by atoms with Crippen molar-refractivity contribution < 1.29 is 0 Å². The Labute approximate surface area is 110 Å². The first kappa shape index (κ1) is 13.3. The summed E-state index contributed by atoms with van der Waals surface area (Å²) in [5.41, 5.74) is 3.32. The zero-order valence-corrected chi connectivity index (χ0v) is 11.5. The average molecular weight is 244 g/mol. The van der Waals surface area contributed by atoms with Gasteiger partial charge in [-0.25, -0.2) is 0 Å². The third-order valence-electron chi connectivity index (χ3n) is 3.71. The number of piperidine rings is 1. The highest BCUT2D eigenvalue weighted by Crippen LogP contribution is 2.28. The topological polar surface area (TPSA) is 35.9 Å². The minimum absolute atomic E-state index is 0.230. The molecule has 2 aliphatic rings. The summed E-state index contributed by atoms with van der Waals surface area (Å²) in [7, 11) is 0. The molecule has 0 aromatic rings. The maximum absolute atomic E-state index is 8.39. The van der Waals surface area contributed by atoms with Crippen molar-refractivity contribution in [2.45, 2.75) is 45.6 Å². The molecule has 2 unspecified atom stereocenters. The minimum Gasteiger partial charge on any atom is -0.309 e. The summed E-state index contributed by atoms with van der Waals surface area (Å²) >= 11 is 0. The molecule has 1 aliphatic heterocycles. The third kappa shape index (κ3) is 3.67. The van der Waals surface area contributed by atoms with Gasteiger partial charge in [-0.3, -0.25) is 0 Å². The molecule has 0 aromatic carbocycles. The van der Waals surface area contributed by atoms with Crippen molar-refractivity contribution in [3.8, 4) is 0 Å². The number of rotatable bonds is 4. The third-order valence-corrected chi connectivity index (χ3v) is 3.71. The van der Waals surface area contributed by atoms with Crippen molar-refractivity contribution in [3.05, 3.63) is 35.5 Å². The van der Waals surface area contributed by atoms with Crippen LogP contribution in [0.2, 0.25) is 0 Å². The van der Waals surface area contributed by atoms with Crippen LogP contribution in [0, 0.1) is 11.3 Å². The van der Waals surface area contributed by atoms with Gasteiger partial charge >= 0.3 is 0 Å². The van der Waals surface area contributed by atoms with Gasteiger partial charge in [0.15, 0.2) is 0 Å². The van der Waals surface area contributed by atoms with Crippen LogP contribution in [0.5, 0.6) is 0 Å². The highest BCUT2D eigenvalue weighted by molar-refractivity contribution is 6.04. The van der Waals surface area contributed by atoms with E-state index in [1.54, 1.807) is 0 Å². The lowest BCUT2D eigenvalue weighted by molar-refractivity contribution is 0.368. The van der Waals surface area contributed by atoms with Crippen LogP contribution in [0.1, 0.15) is 39.5 Å². The van der Waals surface area contributed by atoms with Gasteiger partial charge in [-0.05, 0) is 50.6 Å². The maximum Gasteiger partial charge on any atom is 0.0555 e. The first-order valence-corrected chi connectivity index (χ1v) is 7.05. The molecule has 0 aromatic heterocycles. The van der Waals surface area contributed by atoms with Crippen molar-refractivity contribution in [3.63, 3.8) is 0 Å². The molecule has 2 nitrogen and oxygen atoms in total. The van der Waals surface area contributed by atoms with E-state index < -0.39 is 0 Å². The van der Waals surface area contributed by atoms with Crippen LogP contribution in [-0.2, 0) is 0 Å². The molecular formula is C16H24N2. The molecule has 98 valence electrons. The summed E-state index contributed by atoms with van der Waals surface area (Å²) in [5.74, 6) is 0.727. The standard InChI is InChI=1S/C16H24N2/c1-3-4-14(8-7-13-5-6-13)16(17)15-11-12(2)9-10-18-15/h3-4,7-8,12,15,17-18H,5-6,9-11H2,1-2H3/b4-3+,14-8-,17-16?. The molecule has 1 aliphatic carbocycles. The fraction of sp³-hybridized carbons (Fsp3) is 0.562. The lowest BCUT2D eigenvalue weighted by Crippen LogP contribution is -2.43. The van der Waals surface area contributed by atoms with Crippen LogP contribution in [0.15, 0.2) is 35.5 Å². The Morgan fingerprint density at radius 1 is 1.39 bits per heavy atom. The van der Waals surface area contributed by atoms with Gasteiger partial charge in [-0.2, -0.15) is 0 Å². The minimum atomic E-state index is 0.230. The van der Waals surface area contributed by atoms with Gasteiger partial charge in [0.25, 0.3) is 0 Å². The Morgan fingerprint density at radius 3 is 2.78 bits per heavy atom. The van der Waals surface area contributed by atoms with Crippen molar-refractivity contribution in [1.29, 1.82) is 5.41 Å². The van der Waals surface area contributed by atoms with Gasteiger partial charge in [0.2, 0.25) is 0 Å². The fourth-order valence-electron chi connectivity index (χ4n) is 2.39. The quantitative estimate of drug-likeness (QED) is 0.575. The van der Waals surface area contributed by atoms with Gasteiger partial charge in [0, 0.05) is 6.04 Å². The van der Waals surface area contributed by atoms with E-state index in [0.29, 0.717) is 0 Å². The molecule has 2 fully saturated rings.